The van der Waals surface area contributed by atoms with Crippen molar-refractivity contribution < 1.29 is 14.3 Å². The molecule has 196 valence electrons. The third-order valence-electron chi connectivity index (χ3n) is 8.02. The molecular formula is C28H38ClN3O4. The Bertz CT molecular complexity index is 1200. The van der Waals surface area contributed by atoms with Crippen molar-refractivity contribution in [3.63, 3.8) is 0 Å². The average Bonchev–Trinajstić information content (AvgIpc) is 2.85. The Labute approximate surface area is 218 Å². The molecule has 1 aromatic heterocycles. The van der Waals surface area contributed by atoms with Gasteiger partial charge in [-0.15, -0.1) is 0 Å². The van der Waals surface area contributed by atoms with Crippen LogP contribution in [0.4, 0.5) is 0 Å². The van der Waals surface area contributed by atoms with Crippen LogP contribution in [-0.2, 0) is 17.9 Å². The zero-order valence-electron chi connectivity index (χ0n) is 22.2. The number of aromatic nitrogens is 1. The smallest absolute Gasteiger partial charge is 0.253 e. The van der Waals surface area contributed by atoms with Gasteiger partial charge in [0.1, 0.15) is 5.75 Å². The predicted octanol–water partition coefficient (Wildman–Crippen LogP) is 5.02. The van der Waals surface area contributed by atoms with Crippen molar-refractivity contribution in [1.29, 1.82) is 0 Å². The van der Waals surface area contributed by atoms with Crippen molar-refractivity contribution in [3.8, 4) is 5.75 Å². The van der Waals surface area contributed by atoms with Gasteiger partial charge in [-0.3, -0.25) is 9.59 Å². The number of halogens is 1. The number of hydrogen-bond donors (Lipinski definition) is 2. The first kappa shape index (κ1) is 26.7. The molecule has 1 aliphatic carbocycles. The summed E-state index contributed by atoms with van der Waals surface area (Å²) in [5.74, 6) is -0.0846. The molecule has 1 aliphatic heterocycles. The number of H-pyrrole nitrogens is 1. The maximum absolute atomic E-state index is 13.2. The Morgan fingerprint density at radius 3 is 2.50 bits per heavy atom. The Balaban J connectivity index is 1.57. The lowest BCUT2D eigenvalue weighted by molar-refractivity contribution is -0.246. The van der Waals surface area contributed by atoms with E-state index in [9.17, 15) is 9.59 Å². The molecule has 2 aromatic rings. The van der Waals surface area contributed by atoms with Crippen molar-refractivity contribution in [2.24, 2.45) is 5.92 Å². The highest BCUT2D eigenvalue weighted by Crippen LogP contribution is 2.47. The Kier molecular flexibility index (Phi) is 7.83. The maximum atomic E-state index is 13.2. The summed E-state index contributed by atoms with van der Waals surface area (Å²) in [6.07, 6.45) is 5.00. The van der Waals surface area contributed by atoms with E-state index in [-0.39, 0.29) is 23.9 Å². The topological polar surface area (TPSA) is 83.7 Å². The molecule has 2 heterocycles. The third kappa shape index (κ3) is 5.06. The minimum absolute atomic E-state index is 0.131. The zero-order valence-corrected chi connectivity index (χ0v) is 23.0. The molecule has 1 unspecified atom stereocenters. The molecular weight excluding hydrogens is 478 g/mol. The summed E-state index contributed by atoms with van der Waals surface area (Å²) in [7, 11) is 4.28. The van der Waals surface area contributed by atoms with Crippen LogP contribution in [0.3, 0.4) is 0 Å². The Hall–Kier alpha value is -2.35. The highest BCUT2D eigenvalue weighted by molar-refractivity contribution is 6.32. The SMILES string of the molecule is CCC1(C2CCC(N(C)C)CC2)OCc2c(Cl)cc(C(=O)NCc3c(C)cc(C)[nH]c3=O)c(C)c2O1. The molecule has 36 heavy (non-hydrogen) atoms. The third-order valence-corrected chi connectivity index (χ3v) is 8.36. The molecule has 0 radical (unpaired) electrons. The second-order valence-corrected chi connectivity index (χ2v) is 10.9. The van der Waals surface area contributed by atoms with Gasteiger partial charge in [-0.25, -0.2) is 0 Å². The molecule has 4 rings (SSSR count). The first-order valence-corrected chi connectivity index (χ1v) is 13.2. The van der Waals surface area contributed by atoms with E-state index in [1.807, 2.05) is 26.8 Å². The fourth-order valence-corrected chi connectivity index (χ4v) is 5.99. The van der Waals surface area contributed by atoms with Gasteiger partial charge in [0, 0.05) is 52.9 Å². The molecule has 2 N–H and O–H groups in total. The summed E-state index contributed by atoms with van der Waals surface area (Å²) in [5, 5.41) is 3.35. The minimum Gasteiger partial charge on any atom is -0.461 e. The first-order chi connectivity index (χ1) is 17.1. The summed E-state index contributed by atoms with van der Waals surface area (Å²) in [6.45, 7) is 8.18. The number of rotatable bonds is 6. The van der Waals surface area contributed by atoms with E-state index in [2.05, 4.69) is 36.2 Å². The lowest BCUT2D eigenvalue weighted by Gasteiger charge is -2.46. The largest absolute Gasteiger partial charge is 0.461 e. The van der Waals surface area contributed by atoms with Crippen LogP contribution in [0, 0.1) is 26.7 Å². The maximum Gasteiger partial charge on any atom is 0.253 e. The second-order valence-electron chi connectivity index (χ2n) is 10.5. The summed E-state index contributed by atoms with van der Waals surface area (Å²) >= 11 is 6.62. The number of benzene rings is 1. The number of pyridine rings is 1. The van der Waals surface area contributed by atoms with E-state index in [0.29, 0.717) is 41.0 Å². The molecule has 0 spiro atoms. The Morgan fingerprint density at radius 2 is 1.89 bits per heavy atom. The molecule has 7 nitrogen and oxygen atoms in total. The van der Waals surface area contributed by atoms with Crippen LogP contribution in [0.1, 0.15) is 77.3 Å². The number of nitrogens with one attached hydrogen (secondary N) is 2. The summed E-state index contributed by atoms with van der Waals surface area (Å²) < 4.78 is 13.1. The predicted molar refractivity (Wildman–Crippen MR) is 142 cm³/mol. The Morgan fingerprint density at radius 1 is 1.19 bits per heavy atom. The number of aromatic amines is 1. The highest BCUT2D eigenvalue weighted by atomic mass is 35.5. The van der Waals surface area contributed by atoms with Crippen molar-refractivity contribution >= 4 is 17.5 Å². The van der Waals surface area contributed by atoms with E-state index in [1.54, 1.807) is 6.07 Å². The number of ether oxygens (including phenoxy) is 2. The highest BCUT2D eigenvalue weighted by Gasteiger charge is 2.46. The first-order valence-electron chi connectivity index (χ1n) is 12.8. The number of amides is 1. The number of fused-ring (bicyclic) bond motifs is 1. The van der Waals surface area contributed by atoms with Gasteiger partial charge < -0.3 is 24.7 Å². The van der Waals surface area contributed by atoms with E-state index in [0.717, 1.165) is 48.1 Å². The van der Waals surface area contributed by atoms with Crippen LogP contribution in [0.15, 0.2) is 16.9 Å². The van der Waals surface area contributed by atoms with Crippen LogP contribution in [0.2, 0.25) is 5.02 Å². The van der Waals surface area contributed by atoms with Crippen molar-refractivity contribution in [2.45, 2.75) is 84.8 Å². The zero-order chi connectivity index (χ0) is 26.2. The molecule has 1 atom stereocenters. The lowest BCUT2D eigenvalue weighted by atomic mass is 9.79. The molecule has 1 amide bonds. The van der Waals surface area contributed by atoms with Gasteiger partial charge in [-0.05, 0) is 78.2 Å². The minimum atomic E-state index is -0.722. The van der Waals surface area contributed by atoms with Crippen molar-refractivity contribution in [2.75, 3.05) is 14.1 Å². The number of hydrogen-bond acceptors (Lipinski definition) is 5. The number of carbonyl (C=O) groups excluding carboxylic acids is 1. The van der Waals surface area contributed by atoms with E-state index in [1.165, 1.54) is 0 Å². The number of nitrogens with zero attached hydrogens (tertiary/aromatic N) is 1. The van der Waals surface area contributed by atoms with E-state index >= 15 is 0 Å². The molecule has 1 aromatic carbocycles. The van der Waals surface area contributed by atoms with Crippen LogP contribution >= 0.6 is 11.6 Å². The number of carbonyl (C=O) groups is 1. The van der Waals surface area contributed by atoms with Gasteiger partial charge in [-0.1, -0.05) is 18.5 Å². The molecule has 1 saturated carbocycles. The summed E-state index contributed by atoms with van der Waals surface area (Å²) in [6, 6.07) is 4.15. The molecule has 0 saturated heterocycles. The van der Waals surface area contributed by atoms with Gasteiger partial charge in [0.25, 0.3) is 11.5 Å². The molecule has 0 bridgehead atoms. The summed E-state index contributed by atoms with van der Waals surface area (Å²) in [4.78, 5) is 30.7. The lowest BCUT2D eigenvalue weighted by Crippen LogP contribution is -2.50. The fourth-order valence-electron chi connectivity index (χ4n) is 5.75. The molecule has 1 fully saturated rings. The second kappa shape index (κ2) is 10.6. The van der Waals surface area contributed by atoms with Gasteiger partial charge in [-0.2, -0.15) is 0 Å². The fraction of sp³-hybridized carbons (Fsp3) is 0.571. The normalized spacial score (nSPS) is 23.8. The van der Waals surface area contributed by atoms with Gasteiger partial charge >= 0.3 is 0 Å². The van der Waals surface area contributed by atoms with Crippen molar-refractivity contribution in [3.05, 3.63) is 61.0 Å². The van der Waals surface area contributed by atoms with Crippen LogP contribution in [-0.4, -0.2) is 41.7 Å². The van der Waals surface area contributed by atoms with E-state index < -0.39 is 5.79 Å². The quantitative estimate of drug-likeness (QED) is 0.564. The number of aryl methyl sites for hydroxylation is 2. The average molecular weight is 516 g/mol. The summed E-state index contributed by atoms with van der Waals surface area (Å²) in [5.41, 5.74) is 3.95. The molecule has 8 heteroatoms. The standard InChI is InChI=1S/C28H38ClN3O4/c1-7-28(19-8-10-20(11-9-19)32(5)6)35-15-23-24(29)13-21(18(4)25(23)36-28)26(33)30-14-22-16(2)12-17(3)31-27(22)34/h12-13,19-20H,7-11,14-15H2,1-6H3,(H,30,33)(H,31,34). The monoisotopic (exact) mass is 515 g/mol. The van der Waals surface area contributed by atoms with Crippen LogP contribution in [0.25, 0.3) is 0 Å². The van der Waals surface area contributed by atoms with Crippen LogP contribution < -0.4 is 15.6 Å². The molecule has 2 aliphatic rings. The van der Waals surface area contributed by atoms with Crippen molar-refractivity contribution in [1.82, 2.24) is 15.2 Å². The van der Waals surface area contributed by atoms with E-state index in [4.69, 9.17) is 21.1 Å². The van der Waals surface area contributed by atoms with Gasteiger partial charge in [0.05, 0.1) is 11.6 Å². The van der Waals surface area contributed by atoms with Crippen LogP contribution in [0.5, 0.6) is 5.75 Å². The van der Waals surface area contributed by atoms with Gasteiger partial charge in [0.15, 0.2) is 0 Å². The van der Waals surface area contributed by atoms with Gasteiger partial charge in [0.2, 0.25) is 5.79 Å².